The molecule has 0 aromatic carbocycles. The number of aromatic nitrogens is 7. The van der Waals surface area contributed by atoms with E-state index in [1.165, 1.54) is 4.68 Å². The topological polar surface area (TPSA) is 132 Å². The maximum absolute atomic E-state index is 6.01. The minimum Gasteiger partial charge on any atom is -0.489 e. The van der Waals surface area contributed by atoms with Gasteiger partial charge in [0.15, 0.2) is 18.1 Å². The molecule has 0 radical (unpaired) electrons. The highest BCUT2D eigenvalue weighted by molar-refractivity contribution is 6.09. The summed E-state index contributed by atoms with van der Waals surface area (Å²) < 4.78 is 20.4. The van der Waals surface area contributed by atoms with Crippen molar-refractivity contribution in [1.82, 2.24) is 39.8 Å². The fourth-order valence-electron chi connectivity index (χ4n) is 4.38. The van der Waals surface area contributed by atoms with E-state index >= 15 is 0 Å². The van der Waals surface area contributed by atoms with Crippen LogP contribution in [0.15, 0.2) is 29.9 Å². The Morgan fingerprint density at radius 3 is 2.76 bits per heavy atom. The van der Waals surface area contributed by atoms with Crippen LogP contribution in [0.25, 0.3) is 16.9 Å². The number of hydrogen-bond donors (Lipinski definition) is 0. The van der Waals surface area contributed by atoms with Crippen LogP contribution in [0.4, 0.5) is 5.95 Å². The van der Waals surface area contributed by atoms with Gasteiger partial charge in [-0.2, -0.15) is 0 Å². The maximum Gasteiger partial charge on any atom is 0.225 e. The molecule has 0 spiro atoms. The van der Waals surface area contributed by atoms with E-state index in [1.807, 2.05) is 0 Å². The minimum atomic E-state index is -0.139. The van der Waals surface area contributed by atoms with Crippen LogP contribution in [0, 0.1) is 0 Å². The fraction of sp³-hybridized carbons (Fsp3) is 0.478. The van der Waals surface area contributed by atoms with Crippen molar-refractivity contribution < 1.29 is 18.9 Å². The highest BCUT2D eigenvalue weighted by Gasteiger charge is 2.25. The third-order valence-corrected chi connectivity index (χ3v) is 6.35. The molecule has 2 saturated heterocycles. The zero-order chi connectivity index (χ0) is 25.0. The molecule has 14 heteroatoms. The highest BCUT2D eigenvalue weighted by atomic mass is 16.5. The van der Waals surface area contributed by atoms with Gasteiger partial charge in [-0.25, -0.2) is 24.6 Å². The van der Waals surface area contributed by atoms with E-state index in [4.69, 9.17) is 19.2 Å². The number of hydrogen-bond acceptors (Lipinski definition) is 12. The Hall–Kier alpha value is -3.88. The summed E-state index contributed by atoms with van der Waals surface area (Å²) in [6.07, 6.45) is 8.45. The summed E-state index contributed by atoms with van der Waals surface area (Å²) in [6.45, 7) is 11.0. The Bertz CT molecular complexity index is 1320. The molecule has 37 heavy (non-hydrogen) atoms. The fourth-order valence-corrected chi connectivity index (χ4v) is 4.38. The van der Waals surface area contributed by atoms with E-state index in [1.54, 1.807) is 35.7 Å². The Morgan fingerprint density at radius 2 is 1.95 bits per heavy atom. The molecule has 1 unspecified atom stereocenters. The molecular formula is C23H28N11O3+. The smallest absolute Gasteiger partial charge is 0.225 e. The molecule has 0 amide bonds. The molecule has 6 rings (SSSR count). The molecule has 14 nitrogen and oxygen atoms in total. The lowest BCUT2D eigenvalue weighted by atomic mass is 10.2. The van der Waals surface area contributed by atoms with Gasteiger partial charge in [0.05, 0.1) is 62.3 Å². The van der Waals surface area contributed by atoms with Gasteiger partial charge in [-0.3, -0.25) is 4.90 Å². The highest BCUT2D eigenvalue weighted by Crippen LogP contribution is 2.19. The van der Waals surface area contributed by atoms with Gasteiger partial charge in [0.25, 0.3) is 0 Å². The number of morpholine rings is 2. The first-order chi connectivity index (χ1) is 18.2. The second kappa shape index (κ2) is 10.6. The van der Waals surface area contributed by atoms with Gasteiger partial charge in [-0.1, -0.05) is 9.90 Å². The monoisotopic (exact) mass is 506 g/mol. The van der Waals surface area contributed by atoms with Crippen LogP contribution in [0.5, 0.6) is 5.75 Å². The summed E-state index contributed by atoms with van der Waals surface area (Å²) in [4.78, 5) is 22.6. The second-order valence-electron chi connectivity index (χ2n) is 8.90. The molecular weight excluding hydrogens is 478 g/mol. The number of anilines is 1. The lowest BCUT2D eigenvalue weighted by Crippen LogP contribution is -2.45. The zero-order valence-electron chi connectivity index (χ0n) is 20.4. The number of hydrazone groups is 1. The van der Waals surface area contributed by atoms with Crippen molar-refractivity contribution in [2.45, 2.75) is 12.6 Å². The quantitative estimate of drug-likeness (QED) is 0.372. The van der Waals surface area contributed by atoms with Gasteiger partial charge in [0.2, 0.25) is 17.8 Å². The van der Waals surface area contributed by atoms with Crippen molar-refractivity contribution in [3.63, 3.8) is 0 Å². The van der Waals surface area contributed by atoms with Crippen molar-refractivity contribution >= 4 is 35.7 Å². The predicted molar refractivity (Wildman–Crippen MR) is 134 cm³/mol. The molecule has 0 bridgehead atoms. The predicted octanol–water partition coefficient (Wildman–Crippen LogP) is -0.319. The molecule has 0 saturated carbocycles. The Labute approximate surface area is 212 Å². The van der Waals surface area contributed by atoms with E-state index in [9.17, 15) is 0 Å². The van der Waals surface area contributed by atoms with Gasteiger partial charge in [-0.05, 0) is 5.10 Å². The lowest BCUT2D eigenvalue weighted by molar-refractivity contribution is -0.447. The van der Waals surface area contributed by atoms with Crippen molar-refractivity contribution in [3.8, 4) is 5.75 Å². The SMILES string of the molecule is C=[N+]1C=C(c2cnc3nnn(CC4CN(c5ncc(OCCN6CCOCC6)cn5)CCO4)c3n2)C=N1. The third-order valence-electron chi connectivity index (χ3n) is 6.35. The Balaban J connectivity index is 1.07. The second-order valence-corrected chi connectivity index (χ2v) is 8.90. The number of nitrogens with zero attached hydrogens (tertiary/aromatic N) is 11. The molecule has 6 heterocycles. The van der Waals surface area contributed by atoms with Gasteiger partial charge in [0.1, 0.15) is 12.8 Å². The van der Waals surface area contributed by atoms with E-state index < -0.39 is 0 Å². The third kappa shape index (κ3) is 5.45. The van der Waals surface area contributed by atoms with Crippen LogP contribution in [0.2, 0.25) is 0 Å². The van der Waals surface area contributed by atoms with Gasteiger partial charge < -0.3 is 19.1 Å². The lowest BCUT2D eigenvalue weighted by Gasteiger charge is -2.32. The zero-order valence-corrected chi connectivity index (χ0v) is 20.4. The minimum absolute atomic E-state index is 0.139. The van der Waals surface area contributed by atoms with Crippen LogP contribution >= 0.6 is 0 Å². The summed E-state index contributed by atoms with van der Waals surface area (Å²) in [5.74, 6) is 1.30. The molecule has 1 atom stereocenters. The number of ether oxygens (including phenoxy) is 3. The molecule has 3 aromatic heterocycles. The number of rotatable bonds is 8. The van der Waals surface area contributed by atoms with Crippen LogP contribution in [-0.2, 0) is 16.0 Å². The van der Waals surface area contributed by atoms with Crippen molar-refractivity contribution in [2.24, 2.45) is 5.10 Å². The maximum atomic E-state index is 6.01. The molecule has 2 fully saturated rings. The first-order valence-electron chi connectivity index (χ1n) is 12.2. The van der Waals surface area contributed by atoms with E-state index in [-0.39, 0.29) is 6.10 Å². The van der Waals surface area contributed by atoms with Gasteiger partial charge >= 0.3 is 0 Å². The molecule has 3 aliphatic heterocycles. The average molecular weight is 507 g/mol. The first kappa shape index (κ1) is 23.5. The first-order valence-corrected chi connectivity index (χ1v) is 12.2. The van der Waals surface area contributed by atoms with Gasteiger partial charge in [-0.15, -0.1) is 5.10 Å². The number of fused-ring (bicyclic) bond motifs is 1. The molecule has 192 valence electrons. The summed E-state index contributed by atoms with van der Waals surface area (Å²) in [6, 6.07) is 0. The van der Waals surface area contributed by atoms with Crippen LogP contribution in [-0.4, -0.2) is 123 Å². The molecule has 0 aliphatic carbocycles. The molecule has 0 N–H and O–H groups in total. The van der Waals surface area contributed by atoms with Gasteiger partial charge in [0, 0.05) is 32.7 Å². The van der Waals surface area contributed by atoms with Crippen molar-refractivity contribution in [1.29, 1.82) is 0 Å². The summed E-state index contributed by atoms with van der Waals surface area (Å²) >= 11 is 0. The normalized spacial score (nSPS) is 20.5. The Morgan fingerprint density at radius 1 is 1.08 bits per heavy atom. The van der Waals surface area contributed by atoms with Crippen molar-refractivity contribution in [3.05, 3.63) is 30.5 Å². The van der Waals surface area contributed by atoms with E-state index in [2.05, 4.69) is 46.9 Å². The Kier molecular flexibility index (Phi) is 6.75. The van der Waals surface area contributed by atoms with E-state index in [0.717, 1.165) is 38.4 Å². The van der Waals surface area contributed by atoms with Crippen LogP contribution < -0.4 is 9.64 Å². The molecule has 3 aliphatic rings. The average Bonchev–Trinajstić information content (AvgIpc) is 3.55. The van der Waals surface area contributed by atoms with Crippen LogP contribution in [0.1, 0.15) is 5.69 Å². The van der Waals surface area contributed by atoms with Crippen molar-refractivity contribution in [2.75, 3.05) is 64.1 Å². The largest absolute Gasteiger partial charge is 0.489 e. The standard InChI is InChI=1S/C23H28N11O3/c1-31-14-17(10-27-31)20-13-24-21-22(28-20)34(30-29-21)16-19-15-33(5-9-37-19)23-25-11-18(12-26-23)36-8-4-32-2-6-35-7-3-32/h10-14,19H,1-9,15-16H2/q+1. The summed E-state index contributed by atoms with van der Waals surface area (Å²) in [7, 11) is 0. The van der Waals surface area contributed by atoms with E-state index in [0.29, 0.717) is 61.5 Å². The van der Waals surface area contributed by atoms with Crippen LogP contribution in [0.3, 0.4) is 0 Å². The summed E-state index contributed by atoms with van der Waals surface area (Å²) in [5, 5.41) is 12.5. The number of allylic oxidation sites excluding steroid dienone is 1. The summed E-state index contributed by atoms with van der Waals surface area (Å²) in [5.41, 5.74) is 2.57. The molecule has 3 aromatic rings.